The molecule has 116 valence electrons. The second-order valence-electron chi connectivity index (χ2n) is 6.57. The van der Waals surface area contributed by atoms with Gasteiger partial charge in [-0.05, 0) is 61.1 Å². The van der Waals surface area contributed by atoms with Crippen LogP contribution in [-0.2, 0) is 0 Å². The summed E-state index contributed by atoms with van der Waals surface area (Å²) in [6.45, 7) is 0. The van der Waals surface area contributed by atoms with E-state index in [2.05, 4.69) is 23.5 Å². The van der Waals surface area contributed by atoms with Crippen molar-refractivity contribution in [2.75, 3.05) is 0 Å². The first-order chi connectivity index (χ1) is 11.3. The van der Waals surface area contributed by atoms with Gasteiger partial charge in [-0.15, -0.1) is 0 Å². The second kappa shape index (κ2) is 6.06. The van der Waals surface area contributed by atoms with E-state index in [0.717, 1.165) is 29.7 Å². The van der Waals surface area contributed by atoms with E-state index in [1.54, 1.807) is 0 Å². The van der Waals surface area contributed by atoms with Crippen molar-refractivity contribution >= 4 is 0 Å². The van der Waals surface area contributed by atoms with Crippen molar-refractivity contribution < 1.29 is 4.74 Å². The van der Waals surface area contributed by atoms with Gasteiger partial charge in [0.2, 0.25) is 0 Å². The van der Waals surface area contributed by atoms with Crippen molar-refractivity contribution in [3.8, 4) is 22.9 Å². The lowest BCUT2D eigenvalue weighted by atomic mass is 10.0. The van der Waals surface area contributed by atoms with Crippen LogP contribution in [0.5, 0.6) is 5.75 Å². The van der Waals surface area contributed by atoms with E-state index in [-0.39, 0.29) is 0 Å². The predicted molar refractivity (Wildman–Crippen MR) is 90.2 cm³/mol. The maximum atomic E-state index is 9.05. The van der Waals surface area contributed by atoms with Gasteiger partial charge in [0.25, 0.3) is 0 Å². The molecule has 2 aliphatic heterocycles. The molecular formula is C20H20N2O. The number of nitrogens with one attached hydrogen (secondary N) is 1. The van der Waals surface area contributed by atoms with Crippen molar-refractivity contribution in [1.29, 1.82) is 5.26 Å². The summed E-state index contributed by atoms with van der Waals surface area (Å²) in [5.74, 6) is 0.927. The Kier molecular flexibility index (Phi) is 3.77. The lowest BCUT2D eigenvalue weighted by molar-refractivity contribution is 0.137. The highest BCUT2D eigenvalue weighted by Gasteiger charge is 2.34. The Morgan fingerprint density at radius 1 is 0.957 bits per heavy atom. The van der Waals surface area contributed by atoms with Gasteiger partial charge in [-0.1, -0.05) is 24.3 Å². The molecule has 2 aliphatic rings. The Morgan fingerprint density at radius 2 is 1.65 bits per heavy atom. The number of nitrogens with zero attached hydrogens (tertiary/aromatic N) is 1. The topological polar surface area (TPSA) is 45.0 Å². The summed E-state index contributed by atoms with van der Waals surface area (Å²) in [7, 11) is 0. The minimum atomic E-state index is 0.314. The van der Waals surface area contributed by atoms with Gasteiger partial charge < -0.3 is 10.1 Å². The van der Waals surface area contributed by atoms with Crippen LogP contribution in [0.25, 0.3) is 11.1 Å². The van der Waals surface area contributed by atoms with Crippen LogP contribution in [0, 0.1) is 11.3 Å². The zero-order valence-electron chi connectivity index (χ0n) is 13.0. The summed E-state index contributed by atoms with van der Waals surface area (Å²) in [5.41, 5.74) is 2.83. The predicted octanol–water partition coefficient (Wildman–Crippen LogP) is 3.89. The first kappa shape index (κ1) is 14.3. The number of fused-ring (bicyclic) bond motifs is 2. The molecule has 2 bridgehead atoms. The van der Waals surface area contributed by atoms with Crippen LogP contribution in [-0.4, -0.2) is 18.2 Å². The maximum Gasteiger partial charge on any atom is 0.120 e. The zero-order valence-corrected chi connectivity index (χ0v) is 13.0. The minimum Gasteiger partial charge on any atom is -0.490 e. The van der Waals surface area contributed by atoms with E-state index in [4.69, 9.17) is 10.00 Å². The molecule has 2 fully saturated rings. The van der Waals surface area contributed by atoms with Crippen molar-refractivity contribution in [1.82, 2.24) is 5.32 Å². The number of hydrogen-bond acceptors (Lipinski definition) is 3. The first-order valence-electron chi connectivity index (χ1n) is 8.33. The lowest BCUT2D eigenvalue weighted by Gasteiger charge is -2.29. The fraction of sp³-hybridized carbons (Fsp3) is 0.350. The van der Waals surface area contributed by atoms with Crippen molar-refractivity contribution in [3.05, 3.63) is 54.1 Å². The monoisotopic (exact) mass is 304 g/mol. The van der Waals surface area contributed by atoms with Gasteiger partial charge >= 0.3 is 0 Å². The Morgan fingerprint density at radius 3 is 2.39 bits per heavy atom. The number of benzene rings is 2. The van der Waals surface area contributed by atoms with Gasteiger partial charge in [-0.3, -0.25) is 0 Å². The fourth-order valence-corrected chi connectivity index (χ4v) is 3.81. The Labute approximate surface area is 136 Å². The number of ether oxygens (including phenoxy) is 1. The third kappa shape index (κ3) is 3.09. The molecule has 1 N–H and O–H groups in total. The summed E-state index contributed by atoms with van der Waals surface area (Å²) in [5, 5.41) is 12.7. The molecule has 2 aromatic rings. The molecule has 0 saturated carbocycles. The lowest BCUT2D eigenvalue weighted by Crippen LogP contribution is -2.42. The Balaban J connectivity index is 1.53. The van der Waals surface area contributed by atoms with E-state index in [0.29, 0.717) is 23.8 Å². The quantitative estimate of drug-likeness (QED) is 0.935. The molecule has 2 heterocycles. The Hall–Kier alpha value is -2.31. The third-order valence-corrected chi connectivity index (χ3v) is 4.89. The van der Waals surface area contributed by atoms with E-state index in [1.807, 2.05) is 36.4 Å². The normalized spacial score (nSPS) is 25.8. The largest absolute Gasteiger partial charge is 0.490 e. The van der Waals surface area contributed by atoms with Gasteiger partial charge in [0.15, 0.2) is 0 Å². The minimum absolute atomic E-state index is 0.314. The van der Waals surface area contributed by atoms with Crippen molar-refractivity contribution in [2.24, 2.45) is 0 Å². The molecule has 23 heavy (non-hydrogen) atoms. The number of nitriles is 1. The van der Waals surface area contributed by atoms with E-state index in [9.17, 15) is 0 Å². The summed E-state index contributed by atoms with van der Waals surface area (Å²) in [6, 6.07) is 19.4. The van der Waals surface area contributed by atoms with Gasteiger partial charge in [-0.25, -0.2) is 0 Å². The SMILES string of the molecule is N#Cc1cccc(-c2cccc(OC3C[C@H]4CC[C@@H](C3)N4)c2)c1. The summed E-state index contributed by atoms with van der Waals surface area (Å²) < 4.78 is 6.25. The highest BCUT2D eigenvalue weighted by Crippen LogP contribution is 2.31. The third-order valence-electron chi connectivity index (χ3n) is 4.89. The first-order valence-corrected chi connectivity index (χ1v) is 8.33. The average molecular weight is 304 g/mol. The molecule has 0 aliphatic carbocycles. The molecule has 0 spiro atoms. The summed E-state index contributed by atoms with van der Waals surface area (Å²) >= 11 is 0. The van der Waals surface area contributed by atoms with Crippen LogP contribution in [0.4, 0.5) is 0 Å². The summed E-state index contributed by atoms with van der Waals surface area (Å²) in [6.07, 6.45) is 5.08. The second-order valence-corrected chi connectivity index (χ2v) is 6.57. The van der Waals surface area contributed by atoms with Crippen LogP contribution in [0.3, 0.4) is 0 Å². The molecule has 3 atom stereocenters. The summed E-state index contributed by atoms with van der Waals surface area (Å²) in [4.78, 5) is 0. The maximum absolute atomic E-state index is 9.05. The van der Waals surface area contributed by atoms with Crippen LogP contribution in [0.2, 0.25) is 0 Å². The average Bonchev–Trinajstić information content (AvgIpc) is 2.94. The highest BCUT2D eigenvalue weighted by molar-refractivity contribution is 5.66. The number of piperidine rings is 1. The molecular weight excluding hydrogens is 284 g/mol. The molecule has 0 amide bonds. The fourth-order valence-electron chi connectivity index (χ4n) is 3.81. The molecule has 0 radical (unpaired) electrons. The van der Waals surface area contributed by atoms with Crippen LogP contribution in [0.15, 0.2) is 48.5 Å². The molecule has 1 unspecified atom stereocenters. The zero-order chi connectivity index (χ0) is 15.6. The van der Waals surface area contributed by atoms with E-state index >= 15 is 0 Å². The van der Waals surface area contributed by atoms with E-state index < -0.39 is 0 Å². The highest BCUT2D eigenvalue weighted by atomic mass is 16.5. The number of rotatable bonds is 3. The standard InChI is InChI=1S/C20H20N2O/c21-13-14-3-1-4-15(9-14)16-5-2-6-19(10-16)23-20-11-17-7-8-18(12-20)22-17/h1-6,9-10,17-18,20,22H,7-8,11-12H2/t17-,18+,20?. The smallest absolute Gasteiger partial charge is 0.120 e. The van der Waals surface area contributed by atoms with Crippen molar-refractivity contribution in [2.45, 2.75) is 43.9 Å². The Bertz CT molecular complexity index is 737. The molecule has 2 aromatic carbocycles. The van der Waals surface area contributed by atoms with Crippen molar-refractivity contribution in [3.63, 3.8) is 0 Å². The van der Waals surface area contributed by atoms with Gasteiger partial charge in [-0.2, -0.15) is 5.26 Å². The van der Waals surface area contributed by atoms with Crippen LogP contribution >= 0.6 is 0 Å². The molecule has 3 heteroatoms. The van der Waals surface area contributed by atoms with Gasteiger partial charge in [0.1, 0.15) is 11.9 Å². The van der Waals surface area contributed by atoms with Gasteiger partial charge in [0, 0.05) is 12.1 Å². The number of hydrogen-bond donors (Lipinski definition) is 1. The van der Waals surface area contributed by atoms with E-state index in [1.165, 1.54) is 12.8 Å². The van der Waals surface area contributed by atoms with Gasteiger partial charge in [0.05, 0.1) is 11.6 Å². The molecule has 0 aromatic heterocycles. The molecule has 4 rings (SSSR count). The van der Waals surface area contributed by atoms with Crippen LogP contribution in [0.1, 0.15) is 31.2 Å². The molecule has 3 nitrogen and oxygen atoms in total. The molecule has 2 saturated heterocycles. The van der Waals surface area contributed by atoms with Crippen LogP contribution < -0.4 is 10.1 Å².